The third-order valence-electron chi connectivity index (χ3n) is 8.74. The highest BCUT2D eigenvalue weighted by molar-refractivity contribution is 7.47. The lowest BCUT2D eigenvalue weighted by molar-refractivity contribution is -0.154. The second-order valence-electron chi connectivity index (χ2n) is 14.0. The van der Waals surface area contributed by atoms with Gasteiger partial charge in [-0.3, -0.25) is 13.8 Å². The molecule has 0 aliphatic rings. The largest absolute Gasteiger partial charge is 0.472 e. The van der Waals surface area contributed by atoms with Gasteiger partial charge >= 0.3 is 13.8 Å². The van der Waals surface area contributed by atoms with E-state index in [1.165, 1.54) is 77.0 Å². The lowest BCUT2D eigenvalue weighted by Gasteiger charge is -2.20. The number of carbonyl (C=O) groups is 1. The van der Waals surface area contributed by atoms with Crippen molar-refractivity contribution in [3.05, 3.63) is 48.6 Å². The molecule has 10 heteroatoms. The summed E-state index contributed by atoms with van der Waals surface area (Å²) in [5, 5.41) is 18.3. The minimum absolute atomic E-state index is 0.0381. The first-order chi connectivity index (χ1) is 25.8. The van der Waals surface area contributed by atoms with Gasteiger partial charge in [0, 0.05) is 13.0 Å². The van der Waals surface area contributed by atoms with Crippen LogP contribution in [-0.2, 0) is 27.9 Å². The molecular formula is C43H79O9P. The Labute approximate surface area is 324 Å². The fourth-order valence-corrected chi connectivity index (χ4v) is 6.26. The van der Waals surface area contributed by atoms with E-state index < -0.39 is 39.2 Å². The van der Waals surface area contributed by atoms with Gasteiger partial charge in [-0.25, -0.2) is 4.57 Å². The Hall–Kier alpha value is -1.58. The number of rotatable bonds is 40. The minimum Gasteiger partial charge on any atom is -0.457 e. The van der Waals surface area contributed by atoms with Crippen molar-refractivity contribution in [2.45, 2.75) is 187 Å². The number of esters is 1. The average molecular weight is 771 g/mol. The number of carbonyl (C=O) groups excluding carboxylic acids is 1. The number of hydrogen-bond donors (Lipinski definition) is 3. The molecule has 53 heavy (non-hydrogen) atoms. The molecule has 0 rings (SSSR count). The quantitative estimate of drug-likeness (QED) is 0.0241. The highest BCUT2D eigenvalue weighted by Gasteiger charge is 2.26. The number of phosphoric ester groups is 1. The number of aliphatic hydroxyl groups excluding tert-OH is 2. The van der Waals surface area contributed by atoms with E-state index in [1.54, 1.807) is 0 Å². The molecule has 0 bridgehead atoms. The zero-order valence-corrected chi connectivity index (χ0v) is 34.6. The van der Waals surface area contributed by atoms with Crippen LogP contribution in [0.4, 0.5) is 0 Å². The third-order valence-corrected chi connectivity index (χ3v) is 9.69. The fraction of sp³-hybridized carbons (Fsp3) is 0.791. The monoisotopic (exact) mass is 771 g/mol. The van der Waals surface area contributed by atoms with Crippen LogP contribution in [0.2, 0.25) is 0 Å². The fourth-order valence-electron chi connectivity index (χ4n) is 5.47. The summed E-state index contributed by atoms with van der Waals surface area (Å²) in [5.74, 6) is -0.398. The van der Waals surface area contributed by atoms with Gasteiger partial charge in [0.05, 0.1) is 26.4 Å². The van der Waals surface area contributed by atoms with E-state index in [-0.39, 0.29) is 19.6 Å². The van der Waals surface area contributed by atoms with E-state index in [2.05, 4.69) is 62.5 Å². The van der Waals surface area contributed by atoms with Gasteiger partial charge in [0.15, 0.2) is 0 Å². The molecule has 3 unspecified atom stereocenters. The summed E-state index contributed by atoms with van der Waals surface area (Å²) in [6, 6.07) is 0. The van der Waals surface area contributed by atoms with Gasteiger partial charge < -0.3 is 24.6 Å². The molecular weight excluding hydrogens is 691 g/mol. The summed E-state index contributed by atoms with van der Waals surface area (Å²) in [4.78, 5) is 22.5. The van der Waals surface area contributed by atoms with Crippen molar-refractivity contribution in [1.82, 2.24) is 0 Å². The van der Waals surface area contributed by atoms with Crippen LogP contribution in [0.3, 0.4) is 0 Å². The Morgan fingerprint density at radius 2 is 1.02 bits per heavy atom. The van der Waals surface area contributed by atoms with Crippen molar-refractivity contribution in [2.24, 2.45) is 0 Å². The van der Waals surface area contributed by atoms with Crippen LogP contribution in [0.25, 0.3) is 0 Å². The van der Waals surface area contributed by atoms with Crippen LogP contribution >= 0.6 is 7.82 Å². The zero-order valence-electron chi connectivity index (χ0n) is 33.7. The summed E-state index contributed by atoms with van der Waals surface area (Å²) >= 11 is 0. The number of aliphatic hydroxyl groups is 2. The summed E-state index contributed by atoms with van der Waals surface area (Å²) in [6.07, 6.45) is 43.5. The first-order valence-electron chi connectivity index (χ1n) is 21.1. The number of phosphoric acid groups is 1. The van der Waals surface area contributed by atoms with Crippen LogP contribution < -0.4 is 0 Å². The molecule has 0 heterocycles. The number of ether oxygens (including phenoxy) is 2. The Morgan fingerprint density at radius 3 is 1.55 bits per heavy atom. The SMILES string of the molecule is CCCCC/C=C\C/C=C\C/C=C\CCCCCCCCCOCC(COP(=O)(O)OCC(O)CO)OC(=O)CCCCCCC/C=C\CCCCC. The predicted molar refractivity (Wildman–Crippen MR) is 219 cm³/mol. The normalized spacial score (nSPS) is 14.6. The van der Waals surface area contributed by atoms with Crippen molar-refractivity contribution < 1.29 is 43.0 Å². The molecule has 0 aromatic carbocycles. The lowest BCUT2D eigenvalue weighted by Crippen LogP contribution is -2.29. The van der Waals surface area contributed by atoms with Crippen LogP contribution in [0, 0.1) is 0 Å². The molecule has 0 aliphatic heterocycles. The Bertz CT molecular complexity index is 965. The minimum atomic E-state index is -4.52. The Kier molecular flexibility index (Phi) is 38.9. The van der Waals surface area contributed by atoms with E-state index in [4.69, 9.17) is 23.6 Å². The van der Waals surface area contributed by atoms with Gasteiger partial charge in [-0.2, -0.15) is 0 Å². The highest BCUT2D eigenvalue weighted by Crippen LogP contribution is 2.43. The van der Waals surface area contributed by atoms with E-state index in [9.17, 15) is 19.4 Å². The summed E-state index contributed by atoms with van der Waals surface area (Å²) in [7, 11) is -4.52. The number of hydrogen-bond acceptors (Lipinski definition) is 8. The van der Waals surface area contributed by atoms with E-state index in [1.807, 2.05) is 0 Å². The van der Waals surface area contributed by atoms with Gasteiger partial charge in [-0.15, -0.1) is 0 Å². The molecule has 9 nitrogen and oxygen atoms in total. The Balaban J connectivity index is 4.18. The molecule has 0 fully saturated rings. The topological polar surface area (TPSA) is 132 Å². The lowest BCUT2D eigenvalue weighted by atomic mass is 10.1. The zero-order chi connectivity index (χ0) is 38.9. The van der Waals surface area contributed by atoms with Gasteiger partial charge in [0.1, 0.15) is 12.2 Å². The summed E-state index contributed by atoms with van der Waals surface area (Å²) in [6.45, 7) is 3.42. The maximum atomic E-state index is 12.6. The molecule has 310 valence electrons. The molecule has 0 amide bonds. The van der Waals surface area contributed by atoms with E-state index >= 15 is 0 Å². The predicted octanol–water partition coefficient (Wildman–Crippen LogP) is 11.4. The Morgan fingerprint density at radius 1 is 0.585 bits per heavy atom. The van der Waals surface area contributed by atoms with Gasteiger partial charge in [-0.1, -0.05) is 140 Å². The summed E-state index contributed by atoms with van der Waals surface area (Å²) in [5.41, 5.74) is 0. The standard InChI is InChI=1S/C43H79O9P/c1-3-5-7-9-11-13-15-17-18-19-20-21-22-23-24-26-28-30-32-34-36-49-39-42(40-51-53(47,48)50-38-41(45)37-44)52-43(46)35-33-31-29-27-25-16-14-12-10-8-6-4-2/h11-14,17-18,20-21,41-42,44-45H,3-10,15-16,19,22-40H2,1-2H3,(H,47,48)/b13-11-,14-12-,18-17-,21-20-. The van der Waals surface area contributed by atoms with Crippen LogP contribution in [-0.4, -0.2) is 66.3 Å². The smallest absolute Gasteiger partial charge is 0.457 e. The number of allylic oxidation sites excluding steroid dienone is 8. The van der Waals surface area contributed by atoms with Crippen molar-refractivity contribution in [3.63, 3.8) is 0 Å². The third kappa shape index (κ3) is 39.9. The van der Waals surface area contributed by atoms with E-state index in [0.717, 1.165) is 70.6 Å². The molecule has 3 atom stereocenters. The maximum absolute atomic E-state index is 12.6. The van der Waals surface area contributed by atoms with Crippen molar-refractivity contribution in [2.75, 3.05) is 33.0 Å². The van der Waals surface area contributed by atoms with Gasteiger partial charge in [0.25, 0.3) is 0 Å². The van der Waals surface area contributed by atoms with Crippen molar-refractivity contribution >= 4 is 13.8 Å². The van der Waals surface area contributed by atoms with Gasteiger partial charge in [0.2, 0.25) is 0 Å². The van der Waals surface area contributed by atoms with Crippen molar-refractivity contribution in [3.8, 4) is 0 Å². The number of unbranched alkanes of at least 4 members (excludes halogenated alkanes) is 18. The molecule has 0 saturated heterocycles. The van der Waals surface area contributed by atoms with Crippen LogP contribution in [0.1, 0.15) is 174 Å². The summed E-state index contributed by atoms with van der Waals surface area (Å²) < 4.78 is 33.3. The van der Waals surface area contributed by atoms with Crippen LogP contribution in [0.15, 0.2) is 48.6 Å². The molecule has 3 N–H and O–H groups in total. The molecule has 0 saturated carbocycles. The average Bonchev–Trinajstić information content (AvgIpc) is 3.15. The molecule has 0 aliphatic carbocycles. The molecule has 0 radical (unpaired) electrons. The molecule has 0 aromatic heterocycles. The highest BCUT2D eigenvalue weighted by atomic mass is 31.2. The molecule has 0 aromatic rings. The second kappa shape index (κ2) is 40.1. The van der Waals surface area contributed by atoms with Crippen LogP contribution in [0.5, 0.6) is 0 Å². The van der Waals surface area contributed by atoms with Crippen molar-refractivity contribution in [1.29, 1.82) is 0 Å². The second-order valence-corrected chi connectivity index (χ2v) is 15.5. The van der Waals surface area contributed by atoms with Gasteiger partial charge in [-0.05, 0) is 77.0 Å². The molecule has 0 spiro atoms. The van der Waals surface area contributed by atoms with E-state index in [0.29, 0.717) is 13.0 Å². The maximum Gasteiger partial charge on any atom is 0.472 e. The first-order valence-corrected chi connectivity index (χ1v) is 22.6. The first kappa shape index (κ1) is 51.4.